The first-order valence-corrected chi connectivity index (χ1v) is 3.58. The van der Waals surface area contributed by atoms with Gasteiger partial charge in [0, 0.05) is 6.54 Å². The van der Waals surface area contributed by atoms with Crippen molar-refractivity contribution in [2.75, 3.05) is 6.54 Å². The highest BCUT2D eigenvalue weighted by molar-refractivity contribution is 5.93. The Kier molecular flexibility index (Phi) is 2.05. The Hall–Kier alpha value is -1.50. The smallest absolute Gasteiger partial charge is 0.311 e. The Labute approximate surface area is 70.0 Å². The SMILES string of the molecule is C#CC(=O)NCC1(C(=O)O)CC1. The number of hydrogen-bond donors (Lipinski definition) is 2. The van der Waals surface area contributed by atoms with Crippen LogP contribution < -0.4 is 5.32 Å². The van der Waals surface area contributed by atoms with Gasteiger partial charge >= 0.3 is 5.97 Å². The molecule has 0 radical (unpaired) electrons. The summed E-state index contributed by atoms with van der Waals surface area (Å²) < 4.78 is 0. The molecule has 0 aliphatic heterocycles. The van der Waals surface area contributed by atoms with E-state index in [0.717, 1.165) is 0 Å². The molecule has 0 aromatic rings. The van der Waals surface area contributed by atoms with Crippen molar-refractivity contribution in [1.29, 1.82) is 0 Å². The molecule has 1 amide bonds. The summed E-state index contributed by atoms with van der Waals surface area (Å²) in [6, 6.07) is 0. The van der Waals surface area contributed by atoms with Gasteiger partial charge < -0.3 is 10.4 Å². The number of amides is 1. The molecule has 0 heterocycles. The second-order valence-electron chi connectivity index (χ2n) is 2.91. The number of carbonyl (C=O) groups excluding carboxylic acids is 1. The fraction of sp³-hybridized carbons (Fsp3) is 0.500. The zero-order valence-electron chi connectivity index (χ0n) is 6.46. The molecule has 0 unspecified atom stereocenters. The van der Waals surface area contributed by atoms with Gasteiger partial charge in [0.2, 0.25) is 0 Å². The first-order valence-electron chi connectivity index (χ1n) is 3.58. The number of aliphatic carboxylic acids is 1. The quantitative estimate of drug-likeness (QED) is 0.562. The van der Waals surface area contributed by atoms with Gasteiger partial charge in [0.15, 0.2) is 0 Å². The van der Waals surface area contributed by atoms with E-state index in [2.05, 4.69) is 5.32 Å². The average Bonchev–Trinajstić information content (AvgIpc) is 2.81. The van der Waals surface area contributed by atoms with E-state index in [1.807, 2.05) is 5.92 Å². The summed E-state index contributed by atoms with van der Waals surface area (Å²) in [5.74, 6) is 0.447. The molecule has 2 N–H and O–H groups in total. The summed E-state index contributed by atoms with van der Waals surface area (Å²) in [6.45, 7) is 0.144. The molecule has 0 bridgehead atoms. The van der Waals surface area contributed by atoms with Crippen molar-refractivity contribution in [1.82, 2.24) is 5.32 Å². The molecule has 1 saturated carbocycles. The van der Waals surface area contributed by atoms with Gasteiger partial charge in [-0.15, -0.1) is 6.42 Å². The Morgan fingerprint density at radius 1 is 1.58 bits per heavy atom. The molecule has 1 aliphatic rings. The number of hydrogen-bond acceptors (Lipinski definition) is 2. The lowest BCUT2D eigenvalue weighted by molar-refractivity contribution is -0.143. The van der Waals surface area contributed by atoms with E-state index in [1.54, 1.807) is 0 Å². The van der Waals surface area contributed by atoms with Crippen molar-refractivity contribution in [3.8, 4) is 12.3 Å². The molecule has 4 heteroatoms. The van der Waals surface area contributed by atoms with Crippen molar-refractivity contribution in [3.05, 3.63) is 0 Å². The lowest BCUT2D eigenvalue weighted by Crippen LogP contribution is -2.33. The van der Waals surface area contributed by atoms with Crippen LogP contribution in [0.2, 0.25) is 0 Å². The number of terminal acetylenes is 1. The van der Waals surface area contributed by atoms with Crippen LogP contribution in [0.5, 0.6) is 0 Å². The molecule has 0 atom stereocenters. The molecule has 12 heavy (non-hydrogen) atoms. The first kappa shape index (κ1) is 8.60. The number of nitrogens with one attached hydrogen (secondary N) is 1. The van der Waals surface area contributed by atoms with E-state index in [4.69, 9.17) is 11.5 Å². The third kappa shape index (κ3) is 1.56. The van der Waals surface area contributed by atoms with Gasteiger partial charge in [-0.05, 0) is 18.8 Å². The topological polar surface area (TPSA) is 66.4 Å². The highest BCUT2D eigenvalue weighted by Gasteiger charge is 2.50. The highest BCUT2D eigenvalue weighted by Crippen LogP contribution is 2.45. The summed E-state index contributed by atoms with van der Waals surface area (Å²) in [4.78, 5) is 21.2. The van der Waals surface area contributed by atoms with E-state index in [9.17, 15) is 9.59 Å². The molecular formula is C8H9NO3. The summed E-state index contributed by atoms with van der Waals surface area (Å²) in [5.41, 5.74) is -0.730. The monoisotopic (exact) mass is 167 g/mol. The van der Waals surface area contributed by atoms with Crippen LogP contribution in [0.3, 0.4) is 0 Å². The third-order valence-electron chi connectivity index (χ3n) is 2.03. The molecule has 0 spiro atoms. The lowest BCUT2D eigenvalue weighted by Gasteiger charge is -2.08. The van der Waals surface area contributed by atoms with Gasteiger partial charge in [-0.2, -0.15) is 0 Å². The molecule has 64 valence electrons. The van der Waals surface area contributed by atoms with Gasteiger partial charge in [0.25, 0.3) is 5.91 Å². The Morgan fingerprint density at radius 3 is 2.50 bits per heavy atom. The minimum atomic E-state index is -0.861. The first-order chi connectivity index (χ1) is 5.60. The van der Waals surface area contributed by atoms with Crippen LogP contribution in [-0.2, 0) is 9.59 Å². The zero-order valence-corrected chi connectivity index (χ0v) is 6.46. The van der Waals surface area contributed by atoms with Crippen LogP contribution in [0.25, 0.3) is 0 Å². The molecule has 0 aromatic heterocycles. The van der Waals surface area contributed by atoms with Gasteiger partial charge in [0.1, 0.15) is 0 Å². The fourth-order valence-corrected chi connectivity index (χ4v) is 0.918. The van der Waals surface area contributed by atoms with E-state index in [-0.39, 0.29) is 6.54 Å². The standard InChI is InChI=1S/C8H9NO3/c1-2-6(10)9-5-8(3-4-8)7(11)12/h1H,3-5H2,(H,9,10)(H,11,12). The van der Waals surface area contributed by atoms with Crippen LogP contribution in [0.4, 0.5) is 0 Å². The van der Waals surface area contributed by atoms with Crippen LogP contribution in [-0.4, -0.2) is 23.5 Å². The maximum absolute atomic E-state index is 10.6. The van der Waals surface area contributed by atoms with Crippen LogP contribution in [0.1, 0.15) is 12.8 Å². The van der Waals surface area contributed by atoms with Crippen molar-refractivity contribution in [2.45, 2.75) is 12.8 Å². The molecule has 0 aromatic carbocycles. The molecule has 1 aliphatic carbocycles. The zero-order chi connectivity index (χ0) is 9.19. The predicted molar refractivity (Wildman–Crippen MR) is 41.1 cm³/mol. The van der Waals surface area contributed by atoms with Crippen molar-refractivity contribution in [2.24, 2.45) is 5.41 Å². The number of carboxylic acid groups (broad SMARTS) is 1. The van der Waals surface area contributed by atoms with Crippen LogP contribution in [0, 0.1) is 17.8 Å². The van der Waals surface area contributed by atoms with Gasteiger partial charge in [-0.25, -0.2) is 0 Å². The third-order valence-corrected chi connectivity index (χ3v) is 2.03. The highest BCUT2D eigenvalue weighted by atomic mass is 16.4. The van der Waals surface area contributed by atoms with Crippen molar-refractivity contribution in [3.63, 3.8) is 0 Å². The minimum Gasteiger partial charge on any atom is -0.481 e. The fourth-order valence-electron chi connectivity index (χ4n) is 0.918. The molecule has 1 rings (SSSR count). The maximum Gasteiger partial charge on any atom is 0.311 e. The number of carboxylic acids is 1. The average molecular weight is 167 g/mol. The molecule has 0 saturated heterocycles. The molecular weight excluding hydrogens is 158 g/mol. The summed E-state index contributed by atoms with van der Waals surface area (Å²) in [6.07, 6.45) is 6.02. The largest absolute Gasteiger partial charge is 0.481 e. The normalized spacial score (nSPS) is 17.6. The predicted octanol–water partition coefficient (Wildman–Crippen LogP) is -0.399. The number of carbonyl (C=O) groups is 2. The Bertz CT molecular complexity index is 260. The van der Waals surface area contributed by atoms with E-state index < -0.39 is 17.3 Å². The Balaban J connectivity index is 2.38. The minimum absolute atomic E-state index is 0.144. The second kappa shape index (κ2) is 2.86. The second-order valence-corrected chi connectivity index (χ2v) is 2.91. The summed E-state index contributed by atoms with van der Waals surface area (Å²) in [5, 5.41) is 11.0. The van der Waals surface area contributed by atoms with E-state index in [0.29, 0.717) is 12.8 Å². The van der Waals surface area contributed by atoms with Crippen LogP contribution >= 0.6 is 0 Å². The summed E-state index contributed by atoms with van der Waals surface area (Å²) >= 11 is 0. The molecule has 4 nitrogen and oxygen atoms in total. The van der Waals surface area contributed by atoms with E-state index in [1.165, 1.54) is 0 Å². The number of rotatable bonds is 3. The molecule has 1 fully saturated rings. The van der Waals surface area contributed by atoms with Crippen molar-refractivity contribution < 1.29 is 14.7 Å². The van der Waals surface area contributed by atoms with Crippen molar-refractivity contribution >= 4 is 11.9 Å². The van der Waals surface area contributed by atoms with Gasteiger partial charge in [-0.3, -0.25) is 9.59 Å². The van der Waals surface area contributed by atoms with Gasteiger partial charge in [0.05, 0.1) is 5.41 Å². The maximum atomic E-state index is 10.6. The van der Waals surface area contributed by atoms with Crippen LogP contribution in [0.15, 0.2) is 0 Å². The summed E-state index contributed by atoms with van der Waals surface area (Å²) in [7, 11) is 0. The van der Waals surface area contributed by atoms with Gasteiger partial charge in [-0.1, -0.05) is 0 Å². The Morgan fingerprint density at radius 2 is 2.17 bits per heavy atom. The lowest BCUT2D eigenvalue weighted by atomic mass is 10.1. The van der Waals surface area contributed by atoms with E-state index >= 15 is 0 Å².